The molecular weight excluding hydrogens is 317 g/mol. The van der Waals surface area contributed by atoms with Crippen molar-refractivity contribution in [3.05, 3.63) is 70.8 Å². The van der Waals surface area contributed by atoms with E-state index in [0.717, 1.165) is 12.1 Å². The quantitative estimate of drug-likeness (QED) is 0.426. The topological polar surface area (TPSA) is 21.6 Å². The fourth-order valence-corrected chi connectivity index (χ4v) is 1.77. The molecule has 0 saturated carbocycles. The SMILES string of the molecule is FC(F)c1ccccc1/[C]=N\OCc1ccc(C(F)(F)F)cc1. The molecule has 0 spiro atoms. The van der Waals surface area contributed by atoms with Crippen LogP contribution in [-0.2, 0) is 17.6 Å². The molecule has 1 radical (unpaired) electrons. The van der Waals surface area contributed by atoms with Gasteiger partial charge >= 0.3 is 6.18 Å². The van der Waals surface area contributed by atoms with E-state index in [4.69, 9.17) is 4.84 Å². The first-order valence-electron chi connectivity index (χ1n) is 6.49. The van der Waals surface area contributed by atoms with Crippen molar-refractivity contribution in [3.8, 4) is 0 Å². The largest absolute Gasteiger partial charge is 0.416 e. The van der Waals surface area contributed by atoms with Gasteiger partial charge in [0.25, 0.3) is 6.43 Å². The molecule has 0 fully saturated rings. The minimum absolute atomic E-state index is 0.0925. The molecule has 0 bridgehead atoms. The van der Waals surface area contributed by atoms with Crippen molar-refractivity contribution in [2.75, 3.05) is 0 Å². The lowest BCUT2D eigenvalue weighted by atomic mass is 10.1. The number of benzene rings is 2. The average molecular weight is 328 g/mol. The molecule has 2 rings (SSSR count). The zero-order valence-electron chi connectivity index (χ0n) is 11.6. The maximum absolute atomic E-state index is 12.7. The summed E-state index contributed by atoms with van der Waals surface area (Å²) in [7, 11) is 0. The monoisotopic (exact) mass is 328 g/mol. The van der Waals surface area contributed by atoms with Crippen LogP contribution in [0.1, 0.15) is 28.7 Å². The fraction of sp³-hybridized carbons (Fsp3) is 0.188. The third-order valence-electron chi connectivity index (χ3n) is 2.94. The van der Waals surface area contributed by atoms with Crippen molar-refractivity contribution in [2.24, 2.45) is 5.16 Å². The molecule has 0 amide bonds. The van der Waals surface area contributed by atoms with E-state index in [1.807, 2.05) is 0 Å². The van der Waals surface area contributed by atoms with Crippen molar-refractivity contribution in [1.82, 2.24) is 0 Å². The van der Waals surface area contributed by atoms with E-state index in [2.05, 4.69) is 11.4 Å². The molecule has 23 heavy (non-hydrogen) atoms. The summed E-state index contributed by atoms with van der Waals surface area (Å²) in [5.41, 5.74) is -0.433. The molecule has 2 aromatic carbocycles. The maximum Gasteiger partial charge on any atom is 0.416 e. The number of halogens is 5. The number of alkyl halides is 5. The van der Waals surface area contributed by atoms with Crippen molar-refractivity contribution in [3.63, 3.8) is 0 Å². The molecule has 121 valence electrons. The first kappa shape index (κ1) is 16.9. The summed E-state index contributed by atoms with van der Waals surface area (Å²) in [5.74, 6) is 0. The summed E-state index contributed by atoms with van der Waals surface area (Å²) >= 11 is 0. The third kappa shape index (κ3) is 4.77. The van der Waals surface area contributed by atoms with Gasteiger partial charge in [0.05, 0.1) is 5.56 Å². The van der Waals surface area contributed by atoms with Gasteiger partial charge in [0.1, 0.15) is 12.8 Å². The Kier molecular flexibility index (Phi) is 5.31. The van der Waals surface area contributed by atoms with E-state index in [-0.39, 0.29) is 17.7 Å². The Morgan fingerprint density at radius 3 is 2.26 bits per heavy atom. The van der Waals surface area contributed by atoms with Crippen molar-refractivity contribution < 1.29 is 26.8 Å². The second-order valence-corrected chi connectivity index (χ2v) is 4.56. The van der Waals surface area contributed by atoms with E-state index in [9.17, 15) is 22.0 Å². The van der Waals surface area contributed by atoms with Gasteiger partial charge in [-0.1, -0.05) is 41.6 Å². The number of hydrogen-bond donors (Lipinski definition) is 0. The summed E-state index contributed by atoms with van der Waals surface area (Å²) in [6.07, 6.45) is -4.72. The minimum atomic E-state index is -4.40. The van der Waals surface area contributed by atoms with Crippen LogP contribution in [0.3, 0.4) is 0 Å². The zero-order valence-corrected chi connectivity index (χ0v) is 11.6. The molecular formula is C16H11F5NO. The lowest BCUT2D eigenvalue weighted by molar-refractivity contribution is -0.137. The van der Waals surface area contributed by atoms with Crippen LogP contribution >= 0.6 is 0 Å². The van der Waals surface area contributed by atoms with Crippen LogP contribution in [0.2, 0.25) is 0 Å². The van der Waals surface area contributed by atoms with E-state index < -0.39 is 18.2 Å². The second kappa shape index (κ2) is 7.21. The smallest absolute Gasteiger partial charge is 0.390 e. The first-order valence-corrected chi connectivity index (χ1v) is 6.49. The van der Waals surface area contributed by atoms with Crippen LogP contribution in [0.15, 0.2) is 53.7 Å². The van der Waals surface area contributed by atoms with Gasteiger partial charge in [0.2, 0.25) is 0 Å². The van der Waals surface area contributed by atoms with Crippen LogP contribution in [0.4, 0.5) is 22.0 Å². The van der Waals surface area contributed by atoms with Gasteiger partial charge in [0.15, 0.2) is 0 Å². The molecule has 0 saturated heterocycles. The Morgan fingerprint density at radius 1 is 1.00 bits per heavy atom. The molecule has 0 unspecified atom stereocenters. The summed E-state index contributed by atoms with van der Waals surface area (Å²) in [6.45, 7) is -0.0953. The molecule has 0 aliphatic carbocycles. The summed E-state index contributed by atoms with van der Waals surface area (Å²) in [6, 6.07) is 10.0. The second-order valence-electron chi connectivity index (χ2n) is 4.56. The van der Waals surface area contributed by atoms with Crippen LogP contribution in [0, 0.1) is 0 Å². The normalized spacial score (nSPS) is 12.1. The van der Waals surface area contributed by atoms with Crippen molar-refractivity contribution in [2.45, 2.75) is 19.2 Å². The molecule has 2 nitrogen and oxygen atoms in total. The van der Waals surface area contributed by atoms with E-state index >= 15 is 0 Å². The Morgan fingerprint density at radius 2 is 1.65 bits per heavy atom. The standard InChI is InChI=1S/C16H11F5NO/c17-15(18)14-4-2-1-3-12(14)9-22-23-10-11-5-7-13(8-6-11)16(19,20)21/h1-8,15H,10H2. The number of rotatable bonds is 5. The Labute approximate surface area is 129 Å². The van der Waals surface area contributed by atoms with Crippen molar-refractivity contribution in [1.29, 1.82) is 0 Å². The maximum atomic E-state index is 12.7. The third-order valence-corrected chi connectivity index (χ3v) is 2.94. The van der Waals surface area contributed by atoms with Gasteiger partial charge in [-0.25, -0.2) is 8.78 Å². The van der Waals surface area contributed by atoms with Crippen LogP contribution in [-0.4, -0.2) is 6.21 Å². The summed E-state index contributed by atoms with van der Waals surface area (Å²) in [5, 5.41) is 3.45. The lowest BCUT2D eigenvalue weighted by Crippen LogP contribution is -2.04. The first-order chi connectivity index (χ1) is 10.9. The highest BCUT2D eigenvalue weighted by Crippen LogP contribution is 2.29. The average Bonchev–Trinajstić information content (AvgIpc) is 2.51. The molecule has 0 N–H and O–H groups in total. The minimum Gasteiger partial charge on any atom is -0.390 e. The molecule has 2 aromatic rings. The lowest BCUT2D eigenvalue weighted by Gasteiger charge is -2.07. The molecule has 0 atom stereocenters. The highest BCUT2D eigenvalue weighted by atomic mass is 19.4. The molecule has 0 aliphatic rings. The Hall–Kier alpha value is -2.44. The highest BCUT2D eigenvalue weighted by Gasteiger charge is 2.29. The zero-order chi connectivity index (χ0) is 16.9. The predicted molar refractivity (Wildman–Crippen MR) is 74.2 cm³/mol. The molecule has 0 heterocycles. The summed E-state index contributed by atoms with van der Waals surface area (Å²) < 4.78 is 62.6. The van der Waals surface area contributed by atoms with Crippen LogP contribution in [0.5, 0.6) is 0 Å². The van der Waals surface area contributed by atoms with Gasteiger partial charge in [-0.3, -0.25) is 0 Å². The van der Waals surface area contributed by atoms with E-state index in [1.165, 1.54) is 30.3 Å². The van der Waals surface area contributed by atoms with Gasteiger partial charge < -0.3 is 4.84 Å². The Bertz CT molecular complexity index is 665. The van der Waals surface area contributed by atoms with Crippen LogP contribution in [0.25, 0.3) is 0 Å². The summed E-state index contributed by atoms with van der Waals surface area (Å²) in [4.78, 5) is 4.87. The molecule has 0 aromatic heterocycles. The van der Waals surface area contributed by atoms with E-state index in [0.29, 0.717) is 5.56 Å². The highest BCUT2D eigenvalue weighted by molar-refractivity contribution is 5.81. The van der Waals surface area contributed by atoms with Gasteiger partial charge in [-0.05, 0) is 17.7 Å². The van der Waals surface area contributed by atoms with E-state index in [1.54, 1.807) is 6.07 Å². The number of hydrogen-bond acceptors (Lipinski definition) is 2. The number of nitrogens with zero attached hydrogens (tertiary/aromatic N) is 1. The predicted octanol–water partition coefficient (Wildman–Crippen LogP) is 5.07. The molecule has 0 aliphatic heterocycles. The Balaban J connectivity index is 1.95. The van der Waals surface area contributed by atoms with Gasteiger partial charge in [-0.2, -0.15) is 13.2 Å². The molecule has 7 heteroatoms. The fourth-order valence-electron chi connectivity index (χ4n) is 1.77. The van der Waals surface area contributed by atoms with Gasteiger partial charge in [0, 0.05) is 11.1 Å². The van der Waals surface area contributed by atoms with Gasteiger partial charge in [-0.15, -0.1) is 0 Å². The van der Waals surface area contributed by atoms with Crippen LogP contribution < -0.4 is 0 Å². The van der Waals surface area contributed by atoms with Crippen molar-refractivity contribution >= 4 is 6.21 Å².